The fourth-order valence-electron chi connectivity index (χ4n) is 2.29. The van der Waals surface area contributed by atoms with Crippen molar-refractivity contribution in [3.05, 3.63) is 0 Å². The van der Waals surface area contributed by atoms with E-state index in [-0.39, 0.29) is 0 Å². The Morgan fingerprint density at radius 2 is 1.36 bits per heavy atom. The van der Waals surface area contributed by atoms with Crippen molar-refractivity contribution >= 4 is 8.32 Å². The summed E-state index contributed by atoms with van der Waals surface area (Å²) < 4.78 is 5.90. The Morgan fingerprint density at radius 1 is 0.786 bits per heavy atom. The van der Waals surface area contributed by atoms with Crippen molar-refractivity contribution in [2.24, 2.45) is 0 Å². The van der Waals surface area contributed by atoms with Crippen LogP contribution in [0.15, 0.2) is 0 Å². The molecule has 0 rings (SSSR count). The lowest BCUT2D eigenvalue weighted by molar-refractivity contribution is 0.384. The van der Waals surface area contributed by atoms with Crippen molar-refractivity contribution < 1.29 is 4.43 Å². The van der Waals surface area contributed by atoms with Crippen LogP contribution >= 0.6 is 0 Å². The zero-order valence-corrected chi connectivity index (χ0v) is 11.6. The van der Waals surface area contributed by atoms with E-state index < -0.39 is 8.32 Å². The van der Waals surface area contributed by atoms with Gasteiger partial charge in [0.15, 0.2) is 8.32 Å². The SMILES string of the molecule is CCCCC[Si](CCC)(CCC)OC. The molecule has 0 aliphatic rings. The molecule has 0 saturated heterocycles. The van der Waals surface area contributed by atoms with Crippen LogP contribution in [0.25, 0.3) is 0 Å². The quantitative estimate of drug-likeness (QED) is 0.405. The zero-order chi connectivity index (χ0) is 10.9. The molecule has 0 bridgehead atoms. The third-order valence-corrected chi connectivity index (χ3v) is 8.03. The van der Waals surface area contributed by atoms with E-state index in [2.05, 4.69) is 20.8 Å². The molecule has 0 N–H and O–H groups in total. The number of unbranched alkanes of at least 4 members (excludes halogenated alkanes) is 2. The number of hydrogen-bond acceptors (Lipinski definition) is 1. The van der Waals surface area contributed by atoms with Gasteiger partial charge in [0.05, 0.1) is 0 Å². The molecule has 0 aromatic carbocycles. The van der Waals surface area contributed by atoms with E-state index >= 15 is 0 Å². The van der Waals surface area contributed by atoms with Gasteiger partial charge in [0, 0.05) is 7.11 Å². The molecule has 0 amide bonds. The lowest BCUT2D eigenvalue weighted by Crippen LogP contribution is -2.36. The summed E-state index contributed by atoms with van der Waals surface area (Å²) in [5.74, 6) is 0. The molecule has 86 valence electrons. The van der Waals surface area contributed by atoms with Gasteiger partial charge < -0.3 is 4.43 Å². The van der Waals surface area contributed by atoms with Crippen molar-refractivity contribution in [1.29, 1.82) is 0 Å². The Kier molecular flexibility index (Phi) is 8.59. The lowest BCUT2D eigenvalue weighted by atomic mass is 10.3. The zero-order valence-electron chi connectivity index (χ0n) is 10.6. The first-order chi connectivity index (χ1) is 6.74. The largest absolute Gasteiger partial charge is 0.420 e. The van der Waals surface area contributed by atoms with E-state index in [1.807, 2.05) is 7.11 Å². The summed E-state index contributed by atoms with van der Waals surface area (Å²) in [6.07, 6.45) is 6.69. The van der Waals surface area contributed by atoms with E-state index in [4.69, 9.17) is 4.43 Å². The van der Waals surface area contributed by atoms with Gasteiger partial charge in [0.1, 0.15) is 0 Å². The van der Waals surface area contributed by atoms with Crippen LogP contribution < -0.4 is 0 Å². The maximum Gasteiger partial charge on any atom is 0.192 e. The van der Waals surface area contributed by atoms with Gasteiger partial charge in [-0.2, -0.15) is 0 Å². The topological polar surface area (TPSA) is 9.23 Å². The van der Waals surface area contributed by atoms with Crippen LogP contribution in [-0.2, 0) is 4.43 Å². The minimum Gasteiger partial charge on any atom is -0.420 e. The van der Waals surface area contributed by atoms with E-state index in [0.29, 0.717) is 0 Å². The Morgan fingerprint density at radius 3 is 1.71 bits per heavy atom. The molecule has 0 saturated carbocycles. The molecule has 14 heavy (non-hydrogen) atoms. The highest BCUT2D eigenvalue weighted by Crippen LogP contribution is 2.27. The summed E-state index contributed by atoms with van der Waals surface area (Å²) in [6, 6.07) is 4.11. The van der Waals surface area contributed by atoms with Crippen LogP contribution in [0.3, 0.4) is 0 Å². The van der Waals surface area contributed by atoms with Crippen molar-refractivity contribution in [1.82, 2.24) is 0 Å². The van der Waals surface area contributed by atoms with Crippen molar-refractivity contribution in [3.8, 4) is 0 Å². The fourth-order valence-corrected chi connectivity index (χ4v) is 6.37. The Hall–Kier alpha value is 0.177. The predicted molar refractivity (Wildman–Crippen MR) is 67.3 cm³/mol. The van der Waals surface area contributed by atoms with Crippen molar-refractivity contribution in [3.63, 3.8) is 0 Å². The van der Waals surface area contributed by atoms with Gasteiger partial charge in [0.2, 0.25) is 0 Å². The third kappa shape index (κ3) is 5.16. The Balaban J connectivity index is 4.03. The molecule has 2 heteroatoms. The Bertz CT molecular complexity index is 119. The molecule has 0 unspecified atom stereocenters. The molecule has 0 fully saturated rings. The highest BCUT2D eigenvalue weighted by molar-refractivity contribution is 6.73. The minimum absolute atomic E-state index is 1.30. The summed E-state index contributed by atoms with van der Waals surface area (Å²) in [6.45, 7) is 6.85. The molecular weight excluding hydrogens is 188 g/mol. The molecule has 1 nitrogen and oxygen atoms in total. The predicted octanol–water partition coefficient (Wildman–Crippen LogP) is 4.59. The first kappa shape index (κ1) is 14.2. The number of hydrogen-bond donors (Lipinski definition) is 0. The van der Waals surface area contributed by atoms with E-state index in [1.165, 1.54) is 50.2 Å². The average molecular weight is 216 g/mol. The van der Waals surface area contributed by atoms with Crippen LogP contribution in [0, 0.1) is 0 Å². The molecule has 0 aromatic rings. The highest BCUT2D eigenvalue weighted by atomic mass is 28.4. The maximum absolute atomic E-state index is 5.90. The maximum atomic E-state index is 5.90. The monoisotopic (exact) mass is 216 g/mol. The second-order valence-electron chi connectivity index (χ2n) is 4.34. The van der Waals surface area contributed by atoms with Crippen LogP contribution in [0.5, 0.6) is 0 Å². The van der Waals surface area contributed by atoms with Gasteiger partial charge in [-0.3, -0.25) is 0 Å². The van der Waals surface area contributed by atoms with E-state index in [9.17, 15) is 0 Å². The molecule has 0 atom stereocenters. The lowest BCUT2D eigenvalue weighted by Gasteiger charge is -2.29. The summed E-state index contributed by atoms with van der Waals surface area (Å²) in [7, 11) is 0.641. The Labute approximate surface area is 91.4 Å². The van der Waals surface area contributed by atoms with Crippen LogP contribution in [0.4, 0.5) is 0 Å². The normalized spacial score (nSPS) is 12.0. The van der Waals surface area contributed by atoms with E-state index in [0.717, 1.165) is 0 Å². The van der Waals surface area contributed by atoms with Crippen LogP contribution in [0.2, 0.25) is 18.1 Å². The summed E-state index contributed by atoms with van der Waals surface area (Å²) in [5.41, 5.74) is 0. The van der Waals surface area contributed by atoms with Crippen molar-refractivity contribution in [2.45, 2.75) is 71.0 Å². The first-order valence-electron chi connectivity index (χ1n) is 6.29. The van der Waals surface area contributed by atoms with E-state index in [1.54, 1.807) is 0 Å². The molecule has 0 aliphatic carbocycles. The van der Waals surface area contributed by atoms with Gasteiger partial charge in [-0.25, -0.2) is 0 Å². The molecule has 0 radical (unpaired) electrons. The fraction of sp³-hybridized carbons (Fsp3) is 1.00. The minimum atomic E-state index is -1.31. The molecule has 0 aliphatic heterocycles. The summed E-state index contributed by atoms with van der Waals surface area (Å²) in [4.78, 5) is 0. The van der Waals surface area contributed by atoms with Gasteiger partial charge >= 0.3 is 0 Å². The van der Waals surface area contributed by atoms with Gasteiger partial charge in [0.25, 0.3) is 0 Å². The molecular formula is C12H28OSi. The second kappa shape index (κ2) is 8.48. The standard InChI is InChI=1S/C12H28OSi/c1-5-8-9-12-14(13-4,10-6-2)11-7-3/h5-12H2,1-4H3. The molecule has 0 aromatic heterocycles. The first-order valence-corrected chi connectivity index (χ1v) is 8.82. The van der Waals surface area contributed by atoms with Gasteiger partial charge in [-0.05, 0) is 18.1 Å². The smallest absolute Gasteiger partial charge is 0.192 e. The van der Waals surface area contributed by atoms with Crippen LogP contribution in [0.1, 0.15) is 52.9 Å². The highest BCUT2D eigenvalue weighted by Gasteiger charge is 2.30. The molecule has 0 heterocycles. The third-order valence-electron chi connectivity index (χ3n) is 3.08. The molecule has 0 spiro atoms. The van der Waals surface area contributed by atoms with Crippen molar-refractivity contribution in [2.75, 3.05) is 7.11 Å². The summed E-state index contributed by atoms with van der Waals surface area (Å²) >= 11 is 0. The van der Waals surface area contributed by atoms with Crippen LogP contribution in [-0.4, -0.2) is 15.4 Å². The number of rotatable bonds is 9. The summed E-state index contributed by atoms with van der Waals surface area (Å²) in [5, 5.41) is 0. The average Bonchev–Trinajstić information content (AvgIpc) is 2.19. The van der Waals surface area contributed by atoms with Gasteiger partial charge in [-0.1, -0.05) is 52.9 Å². The second-order valence-corrected chi connectivity index (χ2v) is 8.62. The van der Waals surface area contributed by atoms with Gasteiger partial charge in [-0.15, -0.1) is 0 Å².